The molecule has 0 bridgehead atoms. The number of hydrogen-bond donors (Lipinski definition) is 0. The molecule has 1 rings (SSSR count). The van der Waals surface area contributed by atoms with E-state index in [9.17, 15) is 0 Å². The molecular formula is C13H19ClO. The monoisotopic (exact) mass is 226 g/mol. The average Bonchev–Trinajstić information content (AvgIpc) is 2.31. The molecule has 0 aromatic heterocycles. The Balaban J connectivity index is 2.12. The molecule has 0 aliphatic rings. The van der Waals surface area contributed by atoms with E-state index < -0.39 is 0 Å². The summed E-state index contributed by atoms with van der Waals surface area (Å²) in [7, 11) is 0. The van der Waals surface area contributed by atoms with Crippen molar-refractivity contribution in [1.29, 1.82) is 0 Å². The van der Waals surface area contributed by atoms with E-state index in [1.807, 2.05) is 30.3 Å². The van der Waals surface area contributed by atoms with Crippen molar-refractivity contribution in [2.75, 3.05) is 12.5 Å². The Morgan fingerprint density at radius 3 is 2.60 bits per heavy atom. The minimum Gasteiger partial charge on any atom is -0.494 e. The molecule has 1 unspecified atom stereocenters. The SMILES string of the molecule is CCC(CCl)CCCOc1ccccc1. The van der Waals surface area contributed by atoms with Gasteiger partial charge in [-0.3, -0.25) is 0 Å². The lowest BCUT2D eigenvalue weighted by Gasteiger charge is -2.11. The molecule has 15 heavy (non-hydrogen) atoms. The highest BCUT2D eigenvalue weighted by Gasteiger charge is 2.03. The molecule has 2 heteroatoms. The minimum atomic E-state index is 0.644. The van der Waals surface area contributed by atoms with Gasteiger partial charge in [-0.15, -0.1) is 11.6 Å². The molecule has 1 atom stereocenters. The Kier molecular flexibility index (Phi) is 6.26. The summed E-state index contributed by atoms with van der Waals surface area (Å²) in [5, 5.41) is 0. The maximum absolute atomic E-state index is 5.82. The van der Waals surface area contributed by atoms with Crippen molar-refractivity contribution in [3.8, 4) is 5.75 Å². The number of para-hydroxylation sites is 1. The topological polar surface area (TPSA) is 9.23 Å². The zero-order chi connectivity index (χ0) is 10.9. The second-order valence-corrected chi connectivity index (χ2v) is 4.04. The molecule has 0 saturated carbocycles. The molecular weight excluding hydrogens is 208 g/mol. The lowest BCUT2D eigenvalue weighted by atomic mass is 10.0. The predicted octanol–water partition coefficient (Wildman–Crippen LogP) is 4.11. The lowest BCUT2D eigenvalue weighted by molar-refractivity contribution is 0.294. The molecule has 0 heterocycles. The highest BCUT2D eigenvalue weighted by Crippen LogP contribution is 2.14. The van der Waals surface area contributed by atoms with Crippen molar-refractivity contribution in [2.45, 2.75) is 26.2 Å². The number of ether oxygens (including phenoxy) is 1. The Hall–Kier alpha value is -0.690. The van der Waals surface area contributed by atoms with Crippen LogP contribution in [0.2, 0.25) is 0 Å². The van der Waals surface area contributed by atoms with Crippen LogP contribution in [0.25, 0.3) is 0 Å². The van der Waals surface area contributed by atoms with E-state index in [2.05, 4.69) is 6.92 Å². The summed E-state index contributed by atoms with van der Waals surface area (Å²) < 4.78 is 5.60. The van der Waals surface area contributed by atoms with Gasteiger partial charge in [0.1, 0.15) is 5.75 Å². The first-order valence-electron chi connectivity index (χ1n) is 5.60. The first kappa shape index (κ1) is 12.4. The summed E-state index contributed by atoms with van der Waals surface area (Å²) in [6.07, 6.45) is 3.40. The van der Waals surface area contributed by atoms with Crippen LogP contribution < -0.4 is 4.74 Å². The van der Waals surface area contributed by atoms with Crippen LogP contribution in [0.3, 0.4) is 0 Å². The van der Waals surface area contributed by atoms with E-state index in [1.54, 1.807) is 0 Å². The van der Waals surface area contributed by atoms with Crippen molar-refractivity contribution in [3.05, 3.63) is 30.3 Å². The van der Waals surface area contributed by atoms with E-state index in [0.717, 1.165) is 37.5 Å². The third-order valence-corrected chi connectivity index (χ3v) is 3.00. The van der Waals surface area contributed by atoms with E-state index in [0.29, 0.717) is 5.92 Å². The summed E-state index contributed by atoms with van der Waals surface area (Å²) >= 11 is 5.82. The fourth-order valence-electron chi connectivity index (χ4n) is 1.47. The molecule has 1 nitrogen and oxygen atoms in total. The number of rotatable bonds is 7. The van der Waals surface area contributed by atoms with Gasteiger partial charge in [-0.05, 0) is 30.9 Å². The maximum atomic E-state index is 5.82. The van der Waals surface area contributed by atoms with Gasteiger partial charge >= 0.3 is 0 Å². The molecule has 1 aromatic rings. The zero-order valence-corrected chi connectivity index (χ0v) is 10.0. The molecule has 0 radical (unpaired) electrons. The van der Waals surface area contributed by atoms with Gasteiger partial charge in [-0.2, -0.15) is 0 Å². The highest BCUT2D eigenvalue weighted by molar-refractivity contribution is 6.18. The van der Waals surface area contributed by atoms with Gasteiger partial charge in [0.2, 0.25) is 0 Å². The van der Waals surface area contributed by atoms with E-state index in [-0.39, 0.29) is 0 Å². The van der Waals surface area contributed by atoms with Crippen LogP contribution in [0.5, 0.6) is 5.75 Å². The largest absolute Gasteiger partial charge is 0.494 e. The van der Waals surface area contributed by atoms with Crippen LogP contribution in [0, 0.1) is 5.92 Å². The summed E-state index contributed by atoms with van der Waals surface area (Å²) in [4.78, 5) is 0. The van der Waals surface area contributed by atoms with E-state index in [4.69, 9.17) is 16.3 Å². The van der Waals surface area contributed by atoms with Gasteiger partial charge in [-0.25, -0.2) is 0 Å². The van der Waals surface area contributed by atoms with Crippen molar-refractivity contribution in [2.24, 2.45) is 5.92 Å². The lowest BCUT2D eigenvalue weighted by Crippen LogP contribution is -2.04. The fraction of sp³-hybridized carbons (Fsp3) is 0.538. The Morgan fingerprint density at radius 2 is 2.00 bits per heavy atom. The molecule has 0 saturated heterocycles. The standard InChI is InChI=1S/C13H19ClO/c1-2-12(11-14)7-6-10-15-13-8-4-3-5-9-13/h3-5,8-9,12H,2,6-7,10-11H2,1H3. The number of halogens is 1. The normalized spacial score (nSPS) is 12.4. The molecule has 0 amide bonds. The molecule has 84 valence electrons. The number of benzene rings is 1. The molecule has 0 N–H and O–H groups in total. The van der Waals surface area contributed by atoms with Crippen molar-refractivity contribution in [1.82, 2.24) is 0 Å². The Labute approximate surface area is 97.4 Å². The van der Waals surface area contributed by atoms with Crippen molar-refractivity contribution < 1.29 is 4.74 Å². The summed E-state index contributed by atoms with van der Waals surface area (Å²) in [5.74, 6) is 2.37. The molecule has 0 spiro atoms. The second kappa shape index (κ2) is 7.58. The summed E-state index contributed by atoms with van der Waals surface area (Å²) in [6, 6.07) is 9.94. The fourth-order valence-corrected chi connectivity index (χ4v) is 1.84. The Morgan fingerprint density at radius 1 is 1.27 bits per heavy atom. The first-order chi connectivity index (χ1) is 7.36. The molecule has 0 aliphatic carbocycles. The van der Waals surface area contributed by atoms with Crippen LogP contribution in [0.4, 0.5) is 0 Å². The van der Waals surface area contributed by atoms with Crippen molar-refractivity contribution >= 4 is 11.6 Å². The van der Waals surface area contributed by atoms with Crippen LogP contribution in [0.15, 0.2) is 30.3 Å². The van der Waals surface area contributed by atoms with Gasteiger partial charge in [0.05, 0.1) is 6.61 Å². The van der Waals surface area contributed by atoms with Crippen LogP contribution >= 0.6 is 11.6 Å². The third-order valence-electron chi connectivity index (χ3n) is 2.56. The number of hydrogen-bond acceptors (Lipinski definition) is 1. The molecule has 0 fully saturated rings. The summed E-state index contributed by atoms with van der Waals surface area (Å²) in [5.41, 5.74) is 0. The Bertz CT molecular complexity index is 244. The van der Waals surface area contributed by atoms with Crippen LogP contribution in [0.1, 0.15) is 26.2 Å². The second-order valence-electron chi connectivity index (χ2n) is 3.73. The van der Waals surface area contributed by atoms with Crippen molar-refractivity contribution in [3.63, 3.8) is 0 Å². The van der Waals surface area contributed by atoms with Gasteiger partial charge in [0, 0.05) is 5.88 Å². The third kappa shape index (κ3) is 5.08. The quantitative estimate of drug-likeness (QED) is 0.502. The van der Waals surface area contributed by atoms with Gasteiger partial charge in [0.25, 0.3) is 0 Å². The number of alkyl halides is 1. The van der Waals surface area contributed by atoms with Gasteiger partial charge < -0.3 is 4.74 Å². The minimum absolute atomic E-state index is 0.644. The summed E-state index contributed by atoms with van der Waals surface area (Å²) in [6.45, 7) is 2.97. The van der Waals surface area contributed by atoms with E-state index in [1.165, 1.54) is 0 Å². The van der Waals surface area contributed by atoms with Crippen LogP contribution in [-0.4, -0.2) is 12.5 Å². The first-order valence-corrected chi connectivity index (χ1v) is 6.14. The predicted molar refractivity (Wildman–Crippen MR) is 65.7 cm³/mol. The average molecular weight is 227 g/mol. The van der Waals surface area contributed by atoms with Gasteiger partial charge in [0.15, 0.2) is 0 Å². The zero-order valence-electron chi connectivity index (χ0n) is 9.29. The maximum Gasteiger partial charge on any atom is 0.119 e. The van der Waals surface area contributed by atoms with Gasteiger partial charge in [-0.1, -0.05) is 31.5 Å². The van der Waals surface area contributed by atoms with E-state index >= 15 is 0 Å². The molecule has 1 aromatic carbocycles. The highest BCUT2D eigenvalue weighted by atomic mass is 35.5. The molecule has 0 aliphatic heterocycles. The van der Waals surface area contributed by atoms with Crippen LogP contribution in [-0.2, 0) is 0 Å². The smallest absolute Gasteiger partial charge is 0.119 e.